The highest BCUT2D eigenvalue weighted by Gasteiger charge is 2.23. The minimum atomic E-state index is -0.140. The van der Waals surface area contributed by atoms with Crippen molar-refractivity contribution >= 4 is 23.2 Å². The average molecular weight is 297 g/mol. The van der Waals surface area contributed by atoms with Gasteiger partial charge in [-0.25, -0.2) is 0 Å². The van der Waals surface area contributed by atoms with Crippen molar-refractivity contribution in [1.29, 1.82) is 0 Å². The van der Waals surface area contributed by atoms with Gasteiger partial charge in [0.1, 0.15) is 5.75 Å². The van der Waals surface area contributed by atoms with E-state index in [4.69, 9.17) is 16.3 Å². The van der Waals surface area contributed by atoms with E-state index in [0.717, 1.165) is 25.9 Å². The molecule has 110 valence electrons. The summed E-state index contributed by atoms with van der Waals surface area (Å²) in [5.41, 5.74) is 0.619. The standard InChI is InChI=1S/C15H21ClN2O2/c1-11(18-8-4-3-5-9-18)15(19)17-13-10-12(16)6-7-14(13)20-2/h6-7,10-11H,3-5,8-9H2,1-2H3,(H,17,19)/t11-/m0/s1. The highest BCUT2D eigenvalue weighted by molar-refractivity contribution is 6.31. The summed E-state index contributed by atoms with van der Waals surface area (Å²) in [5.74, 6) is 0.598. The summed E-state index contributed by atoms with van der Waals surface area (Å²) >= 11 is 5.97. The van der Waals surface area contributed by atoms with E-state index in [9.17, 15) is 4.79 Å². The van der Waals surface area contributed by atoms with Gasteiger partial charge in [0.15, 0.2) is 0 Å². The predicted octanol–water partition coefficient (Wildman–Crippen LogP) is 3.16. The summed E-state index contributed by atoms with van der Waals surface area (Å²) < 4.78 is 5.24. The van der Waals surface area contributed by atoms with Crippen LogP contribution in [-0.4, -0.2) is 37.0 Å². The van der Waals surface area contributed by atoms with Gasteiger partial charge in [-0.2, -0.15) is 0 Å². The molecule has 0 aromatic heterocycles. The van der Waals surface area contributed by atoms with E-state index < -0.39 is 0 Å². The molecule has 4 nitrogen and oxygen atoms in total. The smallest absolute Gasteiger partial charge is 0.241 e. The van der Waals surface area contributed by atoms with E-state index in [0.29, 0.717) is 16.5 Å². The van der Waals surface area contributed by atoms with E-state index in [2.05, 4.69) is 10.2 Å². The first-order valence-corrected chi connectivity index (χ1v) is 7.38. The van der Waals surface area contributed by atoms with Crippen molar-refractivity contribution < 1.29 is 9.53 Å². The van der Waals surface area contributed by atoms with Gasteiger partial charge in [0.25, 0.3) is 0 Å². The third kappa shape index (κ3) is 3.64. The number of carbonyl (C=O) groups excluding carboxylic acids is 1. The number of hydrogen-bond acceptors (Lipinski definition) is 3. The van der Waals surface area contributed by atoms with Gasteiger partial charge in [0, 0.05) is 5.02 Å². The third-order valence-electron chi connectivity index (χ3n) is 3.74. The van der Waals surface area contributed by atoms with Crippen molar-refractivity contribution in [3.8, 4) is 5.75 Å². The fourth-order valence-electron chi connectivity index (χ4n) is 2.49. The first-order valence-electron chi connectivity index (χ1n) is 7.00. The van der Waals surface area contributed by atoms with Crippen LogP contribution in [0.25, 0.3) is 0 Å². The summed E-state index contributed by atoms with van der Waals surface area (Å²) in [6, 6.07) is 5.06. The molecule has 0 radical (unpaired) electrons. The number of benzene rings is 1. The number of hydrogen-bond donors (Lipinski definition) is 1. The van der Waals surface area contributed by atoms with Gasteiger partial charge >= 0.3 is 0 Å². The monoisotopic (exact) mass is 296 g/mol. The number of amides is 1. The number of piperidine rings is 1. The van der Waals surface area contributed by atoms with Crippen molar-refractivity contribution in [1.82, 2.24) is 4.90 Å². The lowest BCUT2D eigenvalue weighted by Crippen LogP contribution is -2.44. The van der Waals surface area contributed by atoms with Crippen LogP contribution in [0.1, 0.15) is 26.2 Å². The Labute approximate surface area is 125 Å². The van der Waals surface area contributed by atoms with E-state index in [1.165, 1.54) is 6.42 Å². The molecule has 20 heavy (non-hydrogen) atoms. The Hall–Kier alpha value is -1.26. The average Bonchev–Trinajstić information content (AvgIpc) is 2.47. The number of carbonyl (C=O) groups is 1. The topological polar surface area (TPSA) is 41.6 Å². The minimum Gasteiger partial charge on any atom is -0.495 e. The summed E-state index contributed by atoms with van der Waals surface area (Å²) in [6.45, 7) is 3.92. The Kier molecular flexibility index (Phi) is 5.26. The molecule has 1 N–H and O–H groups in total. The van der Waals surface area contributed by atoms with Crippen molar-refractivity contribution in [3.63, 3.8) is 0 Å². The van der Waals surface area contributed by atoms with Crippen LogP contribution >= 0.6 is 11.6 Å². The zero-order valence-corrected chi connectivity index (χ0v) is 12.7. The van der Waals surface area contributed by atoms with Gasteiger partial charge in [-0.1, -0.05) is 18.0 Å². The summed E-state index contributed by atoms with van der Waals surface area (Å²) in [4.78, 5) is 14.6. The number of anilines is 1. The fraction of sp³-hybridized carbons (Fsp3) is 0.533. The first-order chi connectivity index (χ1) is 9.61. The molecular formula is C15H21ClN2O2. The third-order valence-corrected chi connectivity index (χ3v) is 3.97. The van der Waals surface area contributed by atoms with Gasteiger partial charge in [-0.3, -0.25) is 9.69 Å². The van der Waals surface area contributed by atoms with Gasteiger partial charge in [-0.15, -0.1) is 0 Å². The second-order valence-corrected chi connectivity index (χ2v) is 5.54. The SMILES string of the molecule is COc1ccc(Cl)cc1NC(=O)[C@H](C)N1CCCCC1. The number of methoxy groups -OCH3 is 1. The summed E-state index contributed by atoms with van der Waals surface area (Å²) in [6.07, 6.45) is 3.59. The molecule has 1 aliphatic heterocycles. The molecule has 0 saturated carbocycles. The maximum atomic E-state index is 12.3. The molecule has 1 fully saturated rings. The van der Waals surface area contributed by atoms with Gasteiger partial charge in [-0.05, 0) is 51.1 Å². The second kappa shape index (κ2) is 6.95. The molecule has 1 aliphatic rings. The number of halogens is 1. The molecule has 1 atom stereocenters. The summed E-state index contributed by atoms with van der Waals surface area (Å²) in [5, 5.41) is 3.48. The molecule has 1 saturated heterocycles. The number of rotatable bonds is 4. The number of ether oxygens (including phenoxy) is 1. The van der Waals surface area contributed by atoms with Crippen LogP contribution in [0.4, 0.5) is 5.69 Å². The largest absolute Gasteiger partial charge is 0.495 e. The molecule has 1 aromatic rings. The Morgan fingerprint density at radius 3 is 2.70 bits per heavy atom. The Morgan fingerprint density at radius 1 is 1.35 bits per heavy atom. The van der Waals surface area contributed by atoms with E-state index in [1.54, 1.807) is 25.3 Å². The molecule has 0 unspecified atom stereocenters. The lowest BCUT2D eigenvalue weighted by Gasteiger charge is -2.31. The number of nitrogens with zero attached hydrogens (tertiary/aromatic N) is 1. The van der Waals surface area contributed by atoms with E-state index in [-0.39, 0.29) is 11.9 Å². The molecule has 1 aromatic carbocycles. The molecule has 5 heteroatoms. The van der Waals surface area contributed by atoms with E-state index >= 15 is 0 Å². The van der Waals surface area contributed by atoms with Crippen LogP contribution < -0.4 is 10.1 Å². The Balaban J connectivity index is 2.05. The van der Waals surface area contributed by atoms with Gasteiger partial charge in [0.2, 0.25) is 5.91 Å². The van der Waals surface area contributed by atoms with Crippen LogP contribution in [0.3, 0.4) is 0 Å². The fourth-order valence-corrected chi connectivity index (χ4v) is 2.66. The van der Waals surface area contributed by atoms with Crippen LogP contribution in [0.2, 0.25) is 5.02 Å². The first kappa shape index (κ1) is 15.1. The van der Waals surface area contributed by atoms with Crippen molar-refractivity contribution in [3.05, 3.63) is 23.2 Å². The Morgan fingerprint density at radius 2 is 2.05 bits per heavy atom. The molecule has 0 aliphatic carbocycles. The second-order valence-electron chi connectivity index (χ2n) is 5.11. The maximum absolute atomic E-state index is 12.3. The molecule has 0 spiro atoms. The van der Waals surface area contributed by atoms with Crippen molar-refractivity contribution in [2.75, 3.05) is 25.5 Å². The van der Waals surface area contributed by atoms with Crippen molar-refractivity contribution in [2.45, 2.75) is 32.2 Å². The minimum absolute atomic E-state index is 0.0209. The number of nitrogens with one attached hydrogen (secondary N) is 1. The number of likely N-dealkylation sites (tertiary alicyclic amines) is 1. The normalized spacial score (nSPS) is 17.6. The molecule has 0 bridgehead atoms. The van der Waals surface area contributed by atoms with Crippen molar-refractivity contribution in [2.24, 2.45) is 0 Å². The van der Waals surface area contributed by atoms with Crippen LogP contribution in [-0.2, 0) is 4.79 Å². The zero-order chi connectivity index (χ0) is 14.5. The quantitative estimate of drug-likeness (QED) is 0.928. The highest BCUT2D eigenvalue weighted by Crippen LogP contribution is 2.28. The lowest BCUT2D eigenvalue weighted by molar-refractivity contribution is -0.121. The molecular weight excluding hydrogens is 276 g/mol. The zero-order valence-electron chi connectivity index (χ0n) is 12.0. The van der Waals surface area contributed by atoms with Gasteiger partial charge < -0.3 is 10.1 Å². The highest BCUT2D eigenvalue weighted by atomic mass is 35.5. The van der Waals surface area contributed by atoms with Crippen LogP contribution in [0.15, 0.2) is 18.2 Å². The Bertz CT molecular complexity index is 473. The van der Waals surface area contributed by atoms with E-state index in [1.807, 2.05) is 6.92 Å². The molecule has 2 rings (SSSR count). The predicted molar refractivity (Wildman–Crippen MR) is 81.5 cm³/mol. The molecule has 1 heterocycles. The maximum Gasteiger partial charge on any atom is 0.241 e. The van der Waals surface area contributed by atoms with Gasteiger partial charge in [0.05, 0.1) is 18.8 Å². The summed E-state index contributed by atoms with van der Waals surface area (Å²) in [7, 11) is 1.58. The van der Waals surface area contributed by atoms with Crippen LogP contribution in [0.5, 0.6) is 5.75 Å². The molecule has 1 amide bonds. The van der Waals surface area contributed by atoms with Crippen LogP contribution in [0, 0.1) is 0 Å². The lowest BCUT2D eigenvalue weighted by atomic mass is 10.1.